The number of likely N-dealkylation sites (N-methyl/N-ethyl adjacent to an activating group) is 2. The highest BCUT2D eigenvalue weighted by atomic mass is 16.7. The predicted molar refractivity (Wildman–Crippen MR) is 451 cm³/mol. The van der Waals surface area contributed by atoms with Gasteiger partial charge in [-0.05, 0) is 111 Å². The maximum absolute atomic E-state index is 14.4. The monoisotopic (exact) mass is 1750 g/mol. The van der Waals surface area contributed by atoms with Crippen molar-refractivity contribution in [2.24, 2.45) is 65.1 Å². The molecule has 4 rings (SSSR count). The Hall–Kier alpha value is -9.67. The van der Waals surface area contributed by atoms with Crippen molar-refractivity contribution in [1.82, 2.24) is 0 Å². The fourth-order valence-corrected chi connectivity index (χ4v) is 16.1. The molecule has 2 N–H and O–H groups in total. The fraction of sp³-hybridized carbons (Fsp3) is 0.620. The molecular formula is C92H136N2O30+2. The molecule has 0 saturated heterocycles. The average molecular weight is 1750 g/mol. The van der Waals surface area contributed by atoms with Crippen molar-refractivity contribution in [3.05, 3.63) is 131 Å². The van der Waals surface area contributed by atoms with Crippen LogP contribution >= 0.6 is 0 Å². The van der Waals surface area contributed by atoms with Gasteiger partial charge in [-0.3, -0.25) is 52.7 Å². The summed E-state index contributed by atoms with van der Waals surface area (Å²) in [5.41, 5.74) is 2.74. The Balaban J connectivity index is 1.75. The van der Waals surface area contributed by atoms with Crippen LogP contribution in [0.25, 0.3) is 0 Å². The summed E-state index contributed by atoms with van der Waals surface area (Å²) in [7, 11) is 18.6. The van der Waals surface area contributed by atoms with Crippen molar-refractivity contribution in [2.45, 2.75) is 129 Å². The second-order valence-corrected chi connectivity index (χ2v) is 31.8. The second kappa shape index (κ2) is 57.0. The SMILES string of the molecule is CCOCC(CC(CC(CC(CC(CC(CC(C)C(=O)OC)C(=O)OC)C(=O)OC)C(=O)OC)C(=O)OC)C(=O)OC)[N+](C)(CCCOc1ccc(C(O)c2ccccc2)cc1)CCOCOCC[N+](C)(CCOC)C(CCOc1ccc(C(O)c2ccccc2)cc1)CC(CC(CC(CC(CC(C)C(=O)OC)C(=O)OC)C(=O)OC)C(=O)OC)C(=O)OC. The number of benzene rings is 4. The molecule has 0 aromatic heterocycles. The number of ether oxygens (including phenoxy) is 17. The van der Waals surface area contributed by atoms with Crippen LogP contribution in [0.2, 0.25) is 0 Å². The fourth-order valence-electron chi connectivity index (χ4n) is 16.1. The Morgan fingerprint density at radius 2 is 0.581 bits per heavy atom. The van der Waals surface area contributed by atoms with Gasteiger partial charge in [0.1, 0.15) is 56.2 Å². The van der Waals surface area contributed by atoms with Crippen LogP contribution in [0.3, 0.4) is 0 Å². The van der Waals surface area contributed by atoms with Gasteiger partial charge in [-0.1, -0.05) is 98.8 Å². The van der Waals surface area contributed by atoms with Crippen LogP contribution in [0.5, 0.6) is 11.5 Å². The van der Waals surface area contributed by atoms with Crippen LogP contribution in [0.4, 0.5) is 0 Å². The van der Waals surface area contributed by atoms with Crippen molar-refractivity contribution in [3.63, 3.8) is 0 Å². The van der Waals surface area contributed by atoms with Gasteiger partial charge in [-0.15, -0.1) is 0 Å². The van der Waals surface area contributed by atoms with Crippen LogP contribution in [0.1, 0.15) is 139 Å². The summed E-state index contributed by atoms with van der Waals surface area (Å²) in [4.78, 5) is 150. The van der Waals surface area contributed by atoms with E-state index in [2.05, 4.69) is 0 Å². The average Bonchev–Trinajstić information content (AvgIpc) is 0.822. The molecule has 0 aliphatic carbocycles. The molecule has 4 aromatic rings. The predicted octanol–water partition coefficient (Wildman–Crippen LogP) is 9.40. The van der Waals surface area contributed by atoms with Gasteiger partial charge in [0.05, 0.1) is 210 Å². The number of carbonyl (C=O) groups excluding carboxylic acids is 11. The van der Waals surface area contributed by atoms with E-state index >= 15 is 0 Å². The van der Waals surface area contributed by atoms with Crippen molar-refractivity contribution in [1.29, 1.82) is 0 Å². The Morgan fingerprint density at radius 1 is 0.306 bits per heavy atom. The number of nitrogens with zero attached hydrogens (tertiary/aromatic N) is 2. The molecule has 0 aliphatic heterocycles. The van der Waals surface area contributed by atoms with Crippen LogP contribution in [-0.2, 0) is 124 Å². The van der Waals surface area contributed by atoms with Crippen LogP contribution < -0.4 is 9.47 Å². The number of methoxy groups -OCH3 is 12. The van der Waals surface area contributed by atoms with Crippen LogP contribution in [0, 0.1) is 65.1 Å². The van der Waals surface area contributed by atoms with Gasteiger partial charge in [-0.25, -0.2) is 0 Å². The van der Waals surface area contributed by atoms with E-state index in [9.17, 15) is 63.0 Å². The Bertz CT molecular complexity index is 3850. The first kappa shape index (κ1) is 107. The third-order valence-electron chi connectivity index (χ3n) is 23.6. The molecule has 0 spiro atoms. The lowest BCUT2D eigenvalue weighted by atomic mass is 9.78. The first-order chi connectivity index (χ1) is 59.3. The molecule has 17 atom stereocenters. The summed E-state index contributed by atoms with van der Waals surface area (Å²) in [6.07, 6.45) is -2.67. The van der Waals surface area contributed by atoms with E-state index in [1.807, 2.05) is 81.7 Å². The summed E-state index contributed by atoms with van der Waals surface area (Å²) in [6, 6.07) is 31.6. The Kier molecular flexibility index (Phi) is 49.1. The smallest absolute Gasteiger partial charge is 0.308 e. The lowest BCUT2D eigenvalue weighted by Crippen LogP contribution is -2.57. The number of hydrogen-bond acceptors (Lipinski definition) is 30. The number of aliphatic hydroxyl groups is 2. The highest BCUT2D eigenvalue weighted by molar-refractivity contribution is 5.82. The van der Waals surface area contributed by atoms with Gasteiger partial charge in [0.15, 0.2) is 0 Å². The van der Waals surface area contributed by atoms with E-state index < -0.39 is 155 Å². The van der Waals surface area contributed by atoms with Gasteiger partial charge >= 0.3 is 65.7 Å². The van der Waals surface area contributed by atoms with Crippen molar-refractivity contribution in [3.8, 4) is 11.5 Å². The quantitative estimate of drug-likeness (QED) is 0.0136. The first-order valence-corrected chi connectivity index (χ1v) is 42.0. The van der Waals surface area contributed by atoms with Crippen LogP contribution in [-0.4, -0.2) is 276 Å². The van der Waals surface area contributed by atoms with Crippen molar-refractivity contribution < 1.29 is 152 Å². The number of aliphatic hydroxyl groups excluding tert-OH is 2. The van der Waals surface area contributed by atoms with E-state index in [1.165, 1.54) is 64.0 Å². The van der Waals surface area contributed by atoms with Gasteiger partial charge in [0.2, 0.25) is 0 Å². The van der Waals surface area contributed by atoms with Crippen molar-refractivity contribution >= 4 is 65.7 Å². The van der Waals surface area contributed by atoms with Crippen molar-refractivity contribution in [2.75, 3.05) is 179 Å². The van der Waals surface area contributed by atoms with Crippen LogP contribution in [0.15, 0.2) is 109 Å². The summed E-state index contributed by atoms with van der Waals surface area (Å²) >= 11 is 0. The topological polar surface area (TPSA) is 385 Å². The van der Waals surface area contributed by atoms with E-state index in [-0.39, 0.29) is 139 Å². The molecule has 692 valence electrons. The summed E-state index contributed by atoms with van der Waals surface area (Å²) in [5.74, 6) is -18.3. The normalized spacial score (nSPS) is 16.0. The van der Waals surface area contributed by atoms with Gasteiger partial charge in [-0.2, -0.15) is 0 Å². The highest BCUT2D eigenvalue weighted by Crippen LogP contribution is 2.38. The third kappa shape index (κ3) is 35.0. The van der Waals surface area contributed by atoms with E-state index in [4.69, 9.17) is 80.5 Å². The van der Waals surface area contributed by atoms with Gasteiger partial charge in [0.25, 0.3) is 0 Å². The number of quaternary nitrogens is 2. The Labute approximate surface area is 730 Å². The number of hydrogen-bond donors (Lipinski definition) is 2. The number of carbonyl (C=O) groups is 11. The molecule has 0 amide bonds. The molecule has 17 unspecified atom stereocenters. The maximum Gasteiger partial charge on any atom is 0.308 e. The molecule has 0 bridgehead atoms. The highest BCUT2D eigenvalue weighted by Gasteiger charge is 2.45. The summed E-state index contributed by atoms with van der Waals surface area (Å²) in [5, 5.41) is 22.4. The number of esters is 11. The maximum atomic E-state index is 14.4. The van der Waals surface area contributed by atoms with E-state index in [1.54, 1.807) is 69.5 Å². The third-order valence-corrected chi connectivity index (χ3v) is 23.6. The van der Waals surface area contributed by atoms with Gasteiger partial charge < -0.3 is 99.7 Å². The Morgan fingerprint density at radius 3 is 0.887 bits per heavy atom. The molecule has 4 aromatic carbocycles. The first-order valence-electron chi connectivity index (χ1n) is 42.0. The summed E-state index contributed by atoms with van der Waals surface area (Å²) in [6.45, 7) is 7.20. The largest absolute Gasteiger partial charge is 0.493 e. The zero-order valence-corrected chi connectivity index (χ0v) is 75.5. The zero-order chi connectivity index (χ0) is 91.9. The second-order valence-electron chi connectivity index (χ2n) is 31.8. The molecule has 32 nitrogen and oxygen atoms in total. The molecule has 0 heterocycles. The minimum atomic E-state index is -1.22. The molecule has 0 fully saturated rings. The molecule has 32 heteroatoms. The zero-order valence-electron chi connectivity index (χ0n) is 75.5. The lowest BCUT2D eigenvalue weighted by Gasteiger charge is -2.43. The number of rotatable bonds is 62. The van der Waals surface area contributed by atoms with E-state index in [0.717, 1.165) is 19.8 Å². The van der Waals surface area contributed by atoms with Gasteiger partial charge in [0, 0.05) is 39.4 Å². The minimum absolute atomic E-state index is 0.0479. The molecule has 124 heavy (non-hydrogen) atoms. The lowest BCUT2D eigenvalue weighted by molar-refractivity contribution is -0.935. The summed E-state index contributed by atoms with van der Waals surface area (Å²) < 4.78 is 95.4. The molecule has 0 saturated carbocycles. The molecular weight excluding hydrogens is 1610 g/mol. The van der Waals surface area contributed by atoms with E-state index in [0.29, 0.717) is 60.7 Å². The molecule has 0 aliphatic rings. The standard InChI is InChI=1S/C92H136N2O30/c1-18-120-59-77(58-75(92(107)119-17)56-73(90(105)117-15)54-71(88(103)115-13)52-69(86(101)113-11)50-67(84(99)111-9)48-61(2)82(97)109-7)93(4,39-25-43-123-78-34-30-65(31-35-78)80(95)63-26-21-19-22-27-63)41-46-121-60-122-47-42-94(5,40-45-108-6)76(38-44-124-79-36-32-66(33-37-79)81(96)64-28-23-20-24-29-64)57-74(91(106)118-16)55-72(89(104)116-14)53-70(87(102)114-12)51-68(85(100)112-10)49-62(3)83(98)110-8/h19-24,26-37,61-62,67-77,80-81,95-96H,18,25,38-60H2,1-17H3/q+2. The minimum Gasteiger partial charge on any atom is -0.493 e. The molecule has 0 radical (unpaired) electrons.